The number of anilines is 2. The number of nitrogens with two attached hydrogens (primary N) is 1. The van der Waals surface area contributed by atoms with Crippen molar-refractivity contribution in [3.8, 4) is 0 Å². The highest BCUT2D eigenvalue weighted by atomic mass is 16.3. The van der Waals surface area contributed by atoms with Crippen molar-refractivity contribution in [3.05, 3.63) is 23.8 Å². The Morgan fingerprint density at radius 1 is 1.50 bits per heavy atom. The summed E-state index contributed by atoms with van der Waals surface area (Å²) in [5.41, 5.74) is 7.81. The highest BCUT2D eigenvalue weighted by Crippen LogP contribution is 2.22. The third-order valence-corrected chi connectivity index (χ3v) is 2.74. The first-order valence-corrected chi connectivity index (χ1v) is 5.98. The van der Waals surface area contributed by atoms with Gasteiger partial charge in [-0.1, -0.05) is 6.92 Å². The van der Waals surface area contributed by atoms with Crippen molar-refractivity contribution in [1.82, 2.24) is 5.32 Å². The topological polar surface area (TPSA) is 78.6 Å². The zero-order valence-electron chi connectivity index (χ0n) is 11.1. The van der Waals surface area contributed by atoms with Gasteiger partial charge in [0.1, 0.15) is 0 Å². The Bertz CT molecular complexity index is 419. The molecule has 0 bridgehead atoms. The van der Waals surface area contributed by atoms with E-state index >= 15 is 0 Å². The smallest absolute Gasteiger partial charge is 0.251 e. The standard InChI is InChI=1S/C13H21N3O2/c1-4-10(17)8-15-13(18)9-5-6-12(16(2)3)11(14)7-9/h5-7,10,17H,4,8,14H2,1-3H3,(H,15,18). The van der Waals surface area contributed by atoms with E-state index in [1.54, 1.807) is 18.2 Å². The maximum Gasteiger partial charge on any atom is 0.251 e. The minimum absolute atomic E-state index is 0.223. The van der Waals surface area contributed by atoms with Crippen LogP contribution in [-0.2, 0) is 0 Å². The molecule has 0 saturated heterocycles. The van der Waals surface area contributed by atoms with Crippen molar-refractivity contribution in [2.24, 2.45) is 0 Å². The predicted octanol–water partition coefficient (Wildman–Crippen LogP) is 0.836. The first-order valence-electron chi connectivity index (χ1n) is 5.98. The van der Waals surface area contributed by atoms with Crippen LogP contribution >= 0.6 is 0 Å². The molecule has 0 aliphatic heterocycles. The van der Waals surface area contributed by atoms with Gasteiger partial charge in [-0.05, 0) is 24.6 Å². The van der Waals surface area contributed by atoms with Crippen molar-refractivity contribution >= 4 is 17.3 Å². The number of aliphatic hydroxyl groups is 1. The van der Waals surface area contributed by atoms with Gasteiger partial charge < -0.3 is 21.1 Å². The monoisotopic (exact) mass is 251 g/mol. The van der Waals surface area contributed by atoms with Gasteiger partial charge in [0.05, 0.1) is 17.5 Å². The van der Waals surface area contributed by atoms with Crippen molar-refractivity contribution in [1.29, 1.82) is 0 Å². The Morgan fingerprint density at radius 3 is 2.67 bits per heavy atom. The van der Waals surface area contributed by atoms with Crippen LogP contribution in [0.2, 0.25) is 0 Å². The molecule has 1 aromatic carbocycles. The lowest BCUT2D eigenvalue weighted by Gasteiger charge is -2.16. The molecule has 100 valence electrons. The van der Waals surface area contributed by atoms with E-state index < -0.39 is 6.10 Å². The number of hydrogen-bond acceptors (Lipinski definition) is 4. The maximum atomic E-state index is 11.8. The number of carbonyl (C=O) groups excluding carboxylic acids is 1. The molecule has 1 amide bonds. The van der Waals surface area contributed by atoms with E-state index in [4.69, 9.17) is 5.73 Å². The second-order valence-corrected chi connectivity index (χ2v) is 4.44. The van der Waals surface area contributed by atoms with Crippen LogP contribution in [0.1, 0.15) is 23.7 Å². The van der Waals surface area contributed by atoms with E-state index in [1.807, 2.05) is 25.9 Å². The van der Waals surface area contributed by atoms with E-state index in [-0.39, 0.29) is 12.5 Å². The molecule has 5 heteroatoms. The molecule has 0 aliphatic rings. The van der Waals surface area contributed by atoms with Gasteiger partial charge in [0.2, 0.25) is 0 Å². The van der Waals surface area contributed by atoms with Crippen LogP contribution in [-0.4, -0.2) is 37.8 Å². The summed E-state index contributed by atoms with van der Waals surface area (Å²) >= 11 is 0. The molecule has 0 fully saturated rings. The summed E-state index contributed by atoms with van der Waals surface area (Å²) in [6.07, 6.45) is 0.106. The number of nitrogen functional groups attached to an aromatic ring is 1. The molecule has 1 rings (SSSR count). The fourth-order valence-corrected chi connectivity index (χ4v) is 1.56. The molecule has 5 nitrogen and oxygen atoms in total. The molecule has 0 radical (unpaired) electrons. The fraction of sp³-hybridized carbons (Fsp3) is 0.462. The zero-order valence-corrected chi connectivity index (χ0v) is 11.1. The number of rotatable bonds is 5. The zero-order chi connectivity index (χ0) is 13.7. The molecule has 18 heavy (non-hydrogen) atoms. The van der Waals surface area contributed by atoms with E-state index in [1.165, 1.54) is 0 Å². The second kappa shape index (κ2) is 6.26. The first kappa shape index (κ1) is 14.3. The molecular formula is C13H21N3O2. The summed E-state index contributed by atoms with van der Waals surface area (Å²) in [5.74, 6) is -0.223. The molecule has 4 N–H and O–H groups in total. The number of amides is 1. The van der Waals surface area contributed by atoms with Crippen LogP contribution in [0, 0.1) is 0 Å². The van der Waals surface area contributed by atoms with Gasteiger partial charge in [0.25, 0.3) is 5.91 Å². The van der Waals surface area contributed by atoms with E-state index in [2.05, 4.69) is 5.32 Å². The molecular weight excluding hydrogens is 230 g/mol. The Hall–Kier alpha value is -1.75. The van der Waals surface area contributed by atoms with Crippen LogP contribution in [0.5, 0.6) is 0 Å². The lowest BCUT2D eigenvalue weighted by Crippen LogP contribution is -2.31. The molecule has 1 atom stereocenters. The van der Waals surface area contributed by atoms with Crippen molar-refractivity contribution < 1.29 is 9.90 Å². The quantitative estimate of drug-likeness (QED) is 0.677. The predicted molar refractivity (Wildman–Crippen MR) is 73.8 cm³/mol. The molecule has 1 aromatic rings. The number of aliphatic hydroxyl groups excluding tert-OH is 1. The number of carbonyl (C=O) groups is 1. The van der Waals surface area contributed by atoms with Gasteiger partial charge >= 0.3 is 0 Å². The largest absolute Gasteiger partial charge is 0.397 e. The lowest BCUT2D eigenvalue weighted by molar-refractivity contribution is 0.0914. The van der Waals surface area contributed by atoms with E-state index in [0.29, 0.717) is 17.7 Å². The SMILES string of the molecule is CCC(O)CNC(=O)c1ccc(N(C)C)c(N)c1. The Labute approximate surface area is 108 Å². The van der Waals surface area contributed by atoms with Gasteiger partial charge in [-0.25, -0.2) is 0 Å². The summed E-state index contributed by atoms with van der Waals surface area (Å²) in [6.45, 7) is 2.12. The third-order valence-electron chi connectivity index (χ3n) is 2.74. The molecule has 0 heterocycles. The van der Waals surface area contributed by atoms with Crippen molar-refractivity contribution in [2.75, 3.05) is 31.3 Å². The first-order chi connectivity index (χ1) is 8.45. The van der Waals surface area contributed by atoms with Crippen LogP contribution in [0.15, 0.2) is 18.2 Å². The molecule has 0 aromatic heterocycles. The van der Waals surface area contributed by atoms with Crippen LogP contribution < -0.4 is 16.0 Å². The summed E-state index contributed by atoms with van der Waals surface area (Å²) in [6, 6.07) is 5.17. The molecule has 0 spiro atoms. The highest BCUT2D eigenvalue weighted by molar-refractivity contribution is 5.96. The fourth-order valence-electron chi connectivity index (χ4n) is 1.56. The van der Waals surface area contributed by atoms with Gasteiger partial charge in [0, 0.05) is 26.2 Å². The Morgan fingerprint density at radius 2 is 2.17 bits per heavy atom. The summed E-state index contributed by atoms with van der Waals surface area (Å²) in [5, 5.41) is 12.0. The molecule has 0 saturated carbocycles. The molecule has 1 unspecified atom stereocenters. The normalized spacial score (nSPS) is 12.0. The average molecular weight is 251 g/mol. The van der Waals surface area contributed by atoms with Gasteiger partial charge in [-0.3, -0.25) is 4.79 Å². The van der Waals surface area contributed by atoms with Gasteiger partial charge in [-0.15, -0.1) is 0 Å². The minimum atomic E-state index is -0.507. The summed E-state index contributed by atoms with van der Waals surface area (Å²) in [7, 11) is 3.78. The average Bonchev–Trinajstić information content (AvgIpc) is 2.34. The second-order valence-electron chi connectivity index (χ2n) is 4.44. The highest BCUT2D eigenvalue weighted by Gasteiger charge is 2.10. The molecule has 0 aliphatic carbocycles. The summed E-state index contributed by atoms with van der Waals surface area (Å²) < 4.78 is 0. The maximum absolute atomic E-state index is 11.8. The van der Waals surface area contributed by atoms with Crippen LogP contribution in [0.4, 0.5) is 11.4 Å². The number of nitrogens with zero attached hydrogens (tertiary/aromatic N) is 1. The Kier molecular flexibility index (Phi) is 4.97. The van der Waals surface area contributed by atoms with Crippen LogP contribution in [0.25, 0.3) is 0 Å². The Balaban J connectivity index is 2.73. The third kappa shape index (κ3) is 3.63. The lowest BCUT2D eigenvalue weighted by atomic mass is 10.1. The number of hydrogen-bond donors (Lipinski definition) is 3. The number of nitrogens with one attached hydrogen (secondary N) is 1. The van der Waals surface area contributed by atoms with E-state index in [0.717, 1.165) is 5.69 Å². The van der Waals surface area contributed by atoms with E-state index in [9.17, 15) is 9.90 Å². The number of benzene rings is 1. The van der Waals surface area contributed by atoms with Crippen molar-refractivity contribution in [2.45, 2.75) is 19.4 Å². The minimum Gasteiger partial charge on any atom is -0.397 e. The summed E-state index contributed by atoms with van der Waals surface area (Å²) in [4.78, 5) is 13.7. The van der Waals surface area contributed by atoms with Crippen LogP contribution in [0.3, 0.4) is 0 Å². The van der Waals surface area contributed by atoms with Crippen molar-refractivity contribution in [3.63, 3.8) is 0 Å². The van der Waals surface area contributed by atoms with Gasteiger partial charge in [-0.2, -0.15) is 0 Å². The van der Waals surface area contributed by atoms with Gasteiger partial charge in [0.15, 0.2) is 0 Å².